The molecule has 0 heterocycles. The molecule has 13 heavy (non-hydrogen) atoms. The van der Waals surface area contributed by atoms with E-state index >= 15 is 0 Å². The normalized spacial score (nSPS) is 32.8. The first-order chi connectivity index (χ1) is 5.79. The van der Waals surface area contributed by atoms with Gasteiger partial charge in [-0.2, -0.15) is 0 Å². The van der Waals surface area contributed by atoms with Gasteiger partial charge in [0, 0.05) is 6.61 Å². The first-order valence-corrected chi connectivity index (χ1v) is 4.64. The van der Waals surface area contributed by atoms with Crippen molar-refractivity contribution in [2.45, 2.75) is 39.7 Å². The molecule has 0 bridgehead atoms. The van der Waals surface area contributed by atoms with Crippen LogP contribution in [0.4, 0.5) is 0 Å². The molecular formula is C10H18O3. The van der Waals surface area contributed by atoms with Crippen LogP contribution in [0.15, 0.2) is 0 Å². The van der Waals surface area contributed by atoms with Gasteiger partial charge in [0.15, 0.2) is 0 Å². The molecule has 3 heteroatoms. The molecule has 1 aliphatic carbocycles. The summed E-state index contributed by atoms with van der Waals surface area (Å²) in [5, 5.41) is 8.88. The molecule has 0 aliphatic heterocycles. The number of rotatable bonds is 2. The largest absolute Gasteiger partial charge is 0.460 e. The van der Waals surface area contributed by atoms with Crippen molar-refractivity contribution in [1.29, 1.82) is 0 Å². The quantitative estimate of drug-likeness (QED) is 0.662. The first kappa shape index (κ1) is 10.5. The van der Waals surface area contributed by atoms with Gasteiger partial charge in [0.2, 0.25) is 0 Å². The van der Waals surface area contributed by atoms with Gasteiger partial charge in [-0.3, -0.25) is 4.79 Å². The van der Waals surface area contributed by atoms with Crippen molar-refractivity contribution in [3.63, 3.8) is 0 Å². The lowest BCUT2D eigenvalue weighted by Gasteiger charge is -2.22. The summed E-state index contributed by atoms with van der Waals surface area (Å²) in [6.07, 6.45) is 0.748. The molecule has 2 unspecified atom stereocenters. The van der Waals surface area contributed by atoms with E-state index in [1.165, 1.54) is 0 Å². The summed E-state index contributed by atoms with van der Waals surface area (Å²) < 4.78 is 5.25. The maximum Gasteiger partial charge on any atom is 0.312 e. The summed E-state index contributed by atoms with van der Waals surface area (Å²) in [6.45, 7) is 7.48. The molecule has 1 N–H and O–H groups in total. The molecule has 0 saturated heterocycles. The Morgan fingerprint density at radius 1 is 1.62 bits per heavy atom. The molecule has 0 aromatic heterocycles. The van der Waals surface area contributed by atoms with Gasteiger partial charge in [0.05, 0.1) is 5.41 Å². The van der Waals surface area contributed by atoms with Crippen molar-refractivity contribution in [2.75, 3.05) is 6.61 Å². The fraction of sp³-hybridized carbons (Fsp3) is 0.900. The summed E-state index contributed by atoms with van der Waals surface area (Å²) >= 11 is 0. The molecule has 1 fully saturated rings. The van der Waals surface area contributed by atoms with Gasteiger partial charge in [0.1, 0.15) is 5.60 Å². The van der Waals surface area contributed by atoms with Crippen LogP contribution in [-0.4, -0.2) is 23.3 Å². The van der Waals surface area contributed by atoms with E-state index in [9.17, 15) is 4.79 Å². The van der Waals surface area contributed by atoms with E-state index in [1.807, 2.05) is 27.7 Å². The highest BCUT2D eigenvalue weighted by Gasteiger charge is 2.57. The average Bonchev–Trinajstić information content (AvgIpc) is 2.60. The van der Waals surface area contributed by atoms with Crippen LogP contribution in [-0.2, 0) is 9.53 Å². The van der Waals surface area contributed by atoms with Crippen LogP contribution in [0.1, 0.15) is 34.1 Å². The highest BCUT2D eigenvalue weighted by Crippen LogP contribution is 2.53. The van der Waals surface area contributed by atoms with Gasteiger partial charge in [-0.05, 0) is 40.0 Å². The van der Waals surface area contributed by atoms with Gasteiger partial charge in [-0.15, -0.1) is 0 Å². The predicted octanol–water partition coefficient (Wildman–Crippen LogP) is 1.35. The standard InChI is InChI=1S/C10H18O3/c1-9(2,3)13-8(12)10(4)5-7(10)6-11/h7,11H,5-6H2,1-4H3. The molecule has 0 aromatic rings. The maximum atomic E-state index is 11.6. The average molecular weight is 186 g/mol. The smallest absolute Gasteiger partial charge is 0.312 e. The number of hydrogen-bond donors (Lipinski definition) is 1. The zero-order valence-corrected chi connectivity index (χ0v) is 8.76. The molecule has 76 valence electrons. The van der Waals surface area contributed by atoms with Crippen LogP contribution in [0.2, 0.25) is 0 Å². The van der Waals surface area contributed by atoms with Crippen molar-refractivity contribution in [2.24, 2.45) is 11.3 Å². The Morgan fingerprint density at radius 3 is 2.46 bits per heavy atom. The Hall–Kier alpha value is -0.570. The SMILES string of the molecule is CC(C)(C)OC(=O)C1(C)CC1CO. The van der Waals surface area contributed by atoms with E-state index in [1.54, 1.807) is 0 Å². The van der Waals surface area contributed by atoms with Crippen LogP contribution in [0.3, 0.4) is 0 Å². The molecule has 1 aliphatic rings. The third-order valence-corrected chi connectivity index (χ3v) is 2.50. The Balaban J connectivity index is 2.51. The van der Waals surface area contributed by atoms with Gasteiger partial charge in [0.25, 0.3) is 0 Å². The Kier molecular flexibility index (Phi) is 2.41. The Bertz CT molecular complexity index is 217. The second kappa shape index (κ2) is 2.98. The summed E-state index contributed by atoms with van der Waals surface area (Å²) in [6, 6.07) is 0. The van der Waals surface area contributed by atoms with Crippen LogP contribution in [0, 0.1) is 11.3 Å². The molecule has 3 nitrogen and oxygen atoms in total. The molecule has 0 radical (unpaired) electrons. The van der Waals surface area contributed by atoms with Crippen molar-refractivity contribution in [1.82, 2.24) is 0 Å². The number of ether oxygens (including phenoxy) is 1. The van der Waals surface area contributed by atoms with Crippen LogP contribution >= 0.6 is 0 Å². The molecule has 2 atom stereocenters. The summed E-state index contributed by atoms with van der Waals surface area (Å²) in [4.78, 5) is 11.6. The van der Waals surface area contributed by atoms with Crippen molar-refractivity contribution >= 4 is 5.97 Å². The minimum Gasteiger partial charge on any atom is -0.460 e. The van der Waals surface area contributed by atoms with E-state index in [0.29, 0.717) is 0 Å². The second-order valence-electron chi connectivity index (χ2n) is 5.00. The van der Waals surface area contributed by atoms with Gasteiger partial charge in [-0.25, -0.2) is 0 Å². The summed E-state index contributed by atoms with van der Waals surface area (Å²) in [5.41, 5.74) is -0.856. The monoisotopic (exact) mass is 186 g/mol. The lowest BCUT2D eigenvalue weighted by Crippen LogP contribution is -2.29. The van der Waals surface area contributed by atoms with Crippen molar-refractivity contribution in [3.05, 3.63) is 0 Å². The van der Waals surface area contributed by atoms with Gasteiger partial charge < -0.3 is 9.84 Å². The van der Waals surface area contributed by atoms with E-state index in [4.69, 9.17) is 9.84 Å². The Labute approximate surface area is 79.1 Å². The fourth-order valence-electron chi connectivity index (χ4n) is 1.36. The predicted molar refractivity (Wildman–Crippen MR) is 49.1 cm³/mol. The first-order valence-electron chi connectivity index (χ1n) is 4.64. The second-order valence-corrected chi connectivity index (χ2v) is 5.00. The fourth-order valence-corrected chi connectivity index (χ4v) is 1.36. The van der Waals surface area contributed by atoms with Gasteiger partial charge >= 0.3 is 5.97 Å². The number of hydrogen-bond acceptors (Lipinski definition) is 3. The lowest BCUT2D eigenvalue weighted by molar-refractivity contribution is -0.161. The Morgan fingerprint density at radius 2 is 2.15 bits per heavy atom. The molecule has 0 amide bonds. The summed E-state index contributed by atoms with van der Waals surface area (Å²) in [5.74, 6) is -0.0820. The molecule has 1 saturated carbocycles. The number of carbonyl (C=O) groups is 1. The molecule has 0 spiro atoms. The van der Waals surface area contributed by atoms with E-state index in [2.05, 4.69) is 0 Å². The number of esters is 1. The van der Waals surface area contributed by atoms with Gasteiger partial charge in [-0.1, -0.05) is 0 Å². The minimum absolute atomic E-state index is 0.0791. The molecule has 0 aromatic carbocycles. The van der Waals surface area contributed by atoms with Crippen LogP contribution < -0.4 is 0 Å². The minimum atomic E-state index is -0.429. The lowest BCUT2D eigenvalue weighted by atomic mass is 10.1. The zero-order valence-electron chi connectivity index (χ0n) is 8.76. The van der Waals surface area contributed by atoms with Crippen molar-refractivity contribution < 1.29 is 14.6 Å². The number of aliphatic hydroxyl groups is 1. The number of carbonyl (C=O) groups excluding carboxylic acids is 1. The third kappa shape index (κ3) is 2.21. The van der Waals surface area contributed by atoms with E-state index in [-0.39, 0.29) is 18.5 Å². The van der Waals surface area contributed by atoms with Crippen LogP contribution in [0.5, 0.6) is 0 Å². The van der Waals surface area contributed by atoms with Crippen LogP contribution in [0.25, 0.3) is 0 Å². The summed E-state index contributed by atoms with van der Waals surface area (Å²) in [7, 11) is 0. The molecular weight excluding hydrogens is 168 g/mol. The third-order valence-electron chi connectivity index (χ3n) is 2.50. The topological polar surface area (TPSA) is 46.5 Å². The van der Waals surface area contributed by atoms with E-state index < -0.39 is 11.0 Å². The highest BCUT2D eigenvalue weighted by atomic mass is 16.6. The molecule has 1 rings (SSSR count). The van der Waals surface area contributed by atoms with Crippen molar-refractivity contribution in [3.8, 4) is 0 Å². The number of aliphatic hydroxyl groups excluding tert-OH is 1. The van der Waals surface area contributed by atoms with E-state index in [0.717, 1.165) is 6.42 Å². The maximum absolute atomic E-state index is 11.6. The zero-order chi connectivity index (χ0) is 10.3. The highest BCUT2D eigenvalue weighted by molar-refractivity contribution is 5.80.